The number of carbonyl (C=O) groups excluding carboxylic acids is 1. The zero-order valence-corrected chi connectivity index (χ0v) is 21.3. The Kier molecular flexibility index (Phi) is 9.13. The third kappa shape index (κ3) is 6.80. The number of nitrogens with zero attached hydrogens (tertiary/aromatic N) is 1. The summed E-state index contributed by atoms with van der Waals surface area (Å²) in [6, 6.07) is 13.0. The molecule has 1 amide bonds. The van der Waals surface area contributed by atoms with Gasteiger partial charge in [0.15, 0.2) is 0 Å². The van der Waals surface area contributed by atoms with Gasteiger partial charge in [0.05, 0.1) is 6.61 Å². The molecule has 1 saturated carbocycles. The van der Waals surface area contributed by atoms with Crippen LogP contribution in [0.5, 0.6) is 5.75 Å². The van der Waals surface area contributed by atoms with E-state index in [9.17, 15) is 4.79 Å². The molecule has 2 atom stereocenters. The summed E-state index contributed by atoms with van der Waals surface area (Å²) < 4.78 is 5.99. The second-order valence-electron chi connectivity index (χ2n) is 8.88. The van der Waals surface area contributed by atoms with Crippen molar-refractivity contribution < 1.29 is 9.53 Å². The van der Waals surface area contributed by atoms with Gasteiger partial charge in [-0.1, -0.05) is 51.1 Å². The van der Waals surface area contributed by atoms with Crippen LogP contribution in [0.2, 0.25) is 0 Å². The first-order valence-corrected chi connectivity index (χ1v) is 12.7. The summed E-state index contributed by atoms with van der Waals surface area (Å²) in [6.45, 7) is 12.7. The van der Waals surface area contributed by atoms with Crippen molar-refractivity contribution in [3.05, 3.63) is 64.2 Å². The lowest BCUT2D eigenvalue weighted by Gasteiger charge is -2.30. The highest BCUT2D eigenvalue weighted by Crippen LogP contribution is 2.30. The lowest BCUT2D eigenvalue weighted by molar-refractivity contribution is -0.122. The number of carbonyl (C=O) groups is 1. The van der Waals surface area contributed by atoms with Crippen molar-refractivity contribution >= 4 is 15.1 Å². The highest BCUT2D eigenvalue weighted by molar-refractivity contribution is 7.17. The van der Waals surface area contributed by atoms with Crippen LogP contribution in [0, 0.1) is 12.8 Å². The van der Waals surface area contributed by atoms with Gasteiger partial charge < -0.3 is 10.1 Å². The van der Waals surface area contributed by atoms with Gasteiger partial charge in [0, 0.05) is 37.8 Å². The van der Waals surface area contributed by atoms with E-state index in [4.69, 9.17) is 4.74 Å². The molecule has 2 aromatic carbocycles. The number of ether oxygens (including phenoxy) is 1. The van der Waals surface area contributed by atoms with Gasteiger partial charge in [-0.15, -0.1) is 9.24 Å². The predicted molar refractivity (Wildman–Crippen MR) is 136 cm³/mol. The summed E-state index contributed by atoms with van der Waals surface area (Å²) in [6.07, 6.45) is 3.17. The summed E-state index contributed by atoms with van der Waals surface area (Å²) in [5.74, 6) is 1.51. The Morgan fingerprint density at radius 1 is 1.16 bits per heavy atom. The molecule has 2 aliphatic rings. The Hall–Kier alpha value is -1.90. The lowest BCUT2D eigenvalue weighted by Crippen LogP contribution is -2.30. The second kappa shape index (κ2) is 11.8. The molecule has 2 aromatic rings. The van der Waals surface area contributed by atoms with Gasteiger partial charge in [0.2, 0.25) is 5.91 Å². The smallest absolute Gasteiger partial charge is 0.223 e. The molecular weight excluding hydrogens is 415 g/mol. The third-order valence-electron chi connectivity index (χ3n) is 6.06. The van der Waals surface area contributed by atoms with E-state index in [0.29, 0.717) is 12.2 Å². The minimum absolute atomic E-state index is 0.206. The molecular formula is C27H39N2O2P. The standard InChI is InChI=1S/C25H33N2O2P.C2H6/c1-17(30)16-29-24-10-9-22-15-27(12-11-23(22)18(24)2)14-20-5-3-19(4-6-20)13-26-25(28)21-7-8-21;1-2/h3-6,9-10,17,21H,7-8,11-16,30H2,1-2H3,(H,26,28);1-2H3. The monoisotopic (exact) mass is 454 g/mol. The average molecular weight is 455 g/mol. The third-order valence-corrected chi connectivity index (χ3v) is 6.26. The van der Waals surface area contributed by atoms with E-state index in [1.807, 2.05) is 13.8 Å². The molecule has 32 heavy (non-hydrogen) atoms. The normalized spacial score (nSPS) is 16.4. The van der Waals surface area contributed by atoms with Crippen molar-refractivity contribution in [3.8, 4) is 5.75 Å². The average Bonchev–Trinajstić information content (AvgIpc) is 3.65. The van der Waals surface area contributed by atoms with E-state index in [1.54, 1.807) is 0 Å². The molecule has 1 fully saturated rings. The molecule has 1 aliphatic heterocycles. The van der Waals surface area contributed by atoms with Gasteiger partial charge in [0.1, 0.15) is 5.75 Å². The number of benzene rings is 2. The first-order valence-electron chi connectivity index (χ1n) is 12.1. The zero-order valence-electron chi connectivity index (χ0n) is 20.1. The SMILES string of the molecule is CC.Cc1c(OCC(C)P)ccc2c1CCN(Cc1ccc(CNC(=O)C3CC3)cc1)C2. The minimum Gasteiger partial charge on any atom is -0.493 e. The highest BCUT2D eigenvalue weighted by Gasteiger charge is 2.29. The minimum atomic E-state index is 0.206. The maximum atomic E-state index is 11.8. The number of rotatable bonds is 8. The maximum absolute atomic E-state index is 11.8. The molecule has 1 N–H and O–H groups in total. The van der Waals surface area contributed by atoms with Crippen molar-refractivity contribution in [2.75, 3.05) is 13.2 Å². The van der Waals surface area contributed by atoms with Crippen molar-refractivity contribution in [2.24, 2.45) is 5.92 Å². The van der Waals surface area contributed by atoms with E-state index < -0.39 is 0 Å². The number of hydrogen-bond donors (Lipinski definition) is 1. The van der Waals surface area contributed by atoms with E-state index >= 15 is 0 Å². The molecule has 0 saturated heterocycles. The van der Waals surface area contributed by atoms with Gasteiger partial charge in [-0.2, -0.15) is 0 Å². The van der Waals surface area contributed by atoms with E-state index in [1.165, 1.54) is 27.8 Å². The quantitative estimate of drug-likeness (QED) is 0.554. The Labute approximate surface area is 196 Å². The van der Waals surface area contributed by atoms with Crippen LogP contribution in [-0.2, 0) is 30.8 Å². The van der Waals surface area contributed by atoms with E-state index in [-0.39, 0.29) is 11.8 Å². The molecule has 0 bridgehead atoms. The van der Waals surface area contributed by atoms with Gasteiger partial charge in [-0.3, -0.25) is 9.69 Å². The summed E-state index contributed by atoms with van der Waals surface area (Å²) in [7, 11) is 2.79. The molecule has 4 nitrogen and oxygen atoms in total. The van der Waals surface area contributed by atoms with Crippen molar-refractivity contribution in [1.82, 2.24) is 10.2 Å². The zero-order chi connectivity index (χ0) is 23.1. The molecule has 4 rings (SSSR count). The van der Waals surface area contributed by atoms with Crippen LogP contribution in [0.1, 0.15) is 61.4 Å². The number of amides is 1. The molecule has 0 aromatic heterocycles. The Morgan fingerprint density at radius 2 is 1.84 bits per heavy atom. The van der Waals surface area contributed by atoms with E-state index in [0.717, 1.165) is 51.3 Å². The van der Waals surface area contributed by atoms with Gasteiger partial charge in [-0.25, -0.2) is 0 Å². The maximum Gasteiger partial charge on any atom is 0.223 e. The summed E-state index contributed by atoms with van der Waals surface area (Å²) in [5, 5.41) is 3.04. The Morgan fingerprint density at radius 3 is 2.50 bits per heavy atom. The van der Waals surface area contributed by atoms with Crippen LogP contribution >= 0.6 is 9.24 Å². The molecule has 1 heterocycles. The topological polar surface area (TPSA) is 41.6 Å². The number of nitrogens with one attached hydrogen (secondary N) is 1. The Bertz CT molecular complexity index is 891. The largest absolute Gasteiger partial charge is 0.493 e. The summed E-state index contributed by atoms with van der Waals surface area (Å²) in [5.41, 5.74) is 7.13. The second-order valence-corrected chi connectivity index (χ2v) is 10.0. The van der Waals surface area contributed by atoms with Gasteiger partial charge in [0.25, 0.3) is 0 Å². The van der Waals surface area contributed by atoms with E-state index in [2.05, 4.69) is 69.7 Å². The predicted octanol–water partition coefficient (Wildman–Crippen LogP) is 5.25. The lowest BCUT2D eigenvalue weighted by atomic mass is 9.94. The summed E-state index contributed by atoms with van der Waals surface area (Å²) in [4.78, 5) is 14.3. The fourth-order valence-electron chi connectivity index (χ4n) is 4.09. The van der Waals surface area contributed by atoms with Crippen LogP contribution in [0.3, 0.4) is 0 Å². The van der Waals surface area contributed by atoms with Crippen molar-refractivity contribution in [2.45, 2.75) is 72.3 Å². The van der Waals surface area contributed by atoms with Crippen molar-refractivity contribution in [3.63, 3.8) is 0 Å². The number of fused-ring (bicyclic) bond motifs is 1. The fourth-order valence-corrected chi connectivity index (χ4v) is 4.19. The molecule has 5 heteroatoms. The summed E-state index contributed by atoms with van der Waals surface area (Å²) >= 11 is 0. The molecule has 0 spiro atoms. The van der Waals surface area contributed by atoms with Crippen LogP contribution in [-0.4, -0.2) is 29.6 Å². The van der Waals surface area contributed by atoms with Crippen LogP contribution in [0.25, 0.3) is 0 Å². The molecule has 2 unspecified atom stereocenters. The molecule has 174 valence electrons. The molecule has 1 aliphatic carbocycles. The van der Waals surface area contributed by atoms with Gasteiger partial charge in [-0.05, 0) is 60.1 Å². The Balaban J connectivity index is 0.00000141. The van der Waals surface area contributed by atoms with Crippen molar-refractivity contribution in [1.29, 1.82) is 0 Å². The number of hydrogen-bond acceptors (Lipinski definition) is 3. The first-order chi connectivity index (χ1) is 15.5. The van der Waals surface area contributed by atoms with Crippen LogP contribution in [0.15, 0.2) is 36.4 Å². The first kappa shape index (κ1) is 24.7. The molecule has 0 radical (unpaired) electrons. The fraction of sp³-hybridized carbons (Fsp3) is 0.519. The van der Waals surface area contributed by atoms with Gasteiger partial charge >= 0.3 is 0 Å². The van der Waals surface area contributed by atoms with Crippen LogP contribution in [0.4, 0.5) is 0 Å². The highest BCUT2D eigenvalue weighted by atomic mass is 31.0. The van der Waals surface area contributed by atoms with Crippen LogP contribution < -0.4 is 10.1 Å².